The van der Waals surface area contributed by atoms with Crippen molar-refractivity contribution in [1.82, 2.24) is 0 Å². The van der Waals surface area contributed by atoms with Gasteiger partial charge in [0.15, 0.2) is 0 Å². The number of hydrogen-bond donors (Lipinski definition) is 0. The van der Waals surface area contributed by atoms with Gasteiger partial charge in [0.1, 0.15) is 12.2 Å². The number of esters is 3. The average molecular weight is 489 g/mol. The first-order valence-electron chi connectivity index (χ1n) is 10.1. The first kappa shape index (κ1) is 25.1. The third-order valence-corrected chi connectivity index (χ3v) is 6.23. The van der Waals surface area contributed by atoms with E-state index in [4.69, 9.17) is 9.47 Å². The Hall–Kier alpha value is -2.54. The number of alkyl halides is 6. The maximum atomic E-state index is 13.1. The van der Waals surface area contributed by atoms with Gasteiger partial charge in [0.25, 0.3) is 0 Å². The fourth-order valence-electron chi connectivity index (χ4n) is 4.84. The molecular formula is C19H19F6O8-. The number of fused-ring (bicyclic) bond motifs is 1. The van der Waals surface area contributed by atoms with Crippen LogP contribution in [0.3, 0.4) is 0 Å². The third kappa shape index (κ3) is 5.03. The topological polar surface area (TPSA) is 119 Å². The van der Waals surface area contributed by atoms with Crippen LogP contribution in [-0.2, 0) is 33.4 Å². The molecule has 5 atom stereocenters. The first-order valence-corrected chi connectivity index (χ1v) is 10.1. The summed E-state index contributed by atoms with van der Waals surface area (Å²) in [5, 5.41) is 10.5. The highest BCUT2D eigenvalue weighted by Crippen LogP contribution is 2.49. The molecule has 8 nitrogen and oxygen atoms in total. The van der Waals surface area contributed by atoms with Crippen LogP contribution in [0, 0.1) is 17.8 Å². The molecule has 0 spiro atoms. The molecule has 0 N–H and O–H groups in total. The van der Waals surface area contributed by atoms with E-state index < -0.39 is 73.1 Å². The lowest BCUT2D eigenvalue weighted by atomic mass is 9.66. The minimum absolute atomic E-state index is 0.193. The van der Waals surface area contributed by atoms with Gasteiger partial charge in [-0.2, -0.15) is 26.3 Å². The molecule has 2 saturated carbocycles. The van der Waals surface area contributed by atoms with Crippen molar-refractivity contribution in [3.05, 3.63) is 0 Å². The van der Waals surface area contributed by atoms with Gasteiger partial charge >= 0.3 is 35.9 Å². The van der Waals surface area contributed by atoms with Gasteiger partial charge in [-0.3, -0.25) is 14.4 Å². The molecule has 2 saturated heterocycles. The first-order chi connectivity index (χ1) is 15.1. The Balaban J connectivity index is 1.63. The Morgan fingerprint density at radius 1 is 0.939 bits per heavy atom. The van der Waals surface area contributed by atoms with Crippen molar-refractivity contribution in [3.8, 4) is 0 Å². The normalized spacial score (nSPS) is 29.3. The highest BCUT2D eigenvalue weighted by atomic mass is 19.4. The molecule has 0 aromatic rings. The van der Waals surface area contributed by atoms with Crippen LogP contribution in [-0.4, -0.2) is 54.0 Å². The van der Waals surface area contributed by atoms with Crippen LogP contribution >= 0.6 is 0 Å². The maximum absolute atomic E-state index is 13.1. The van der Waals surface area contributed by atoms with Crippen molar-refractivity contribution in [2.45, 2.75) is 75.1 Å². The number of carbonyl (C=O) groups is 4. The Labute approximate surface area is 182 Å². The molecule has 0 aromatic heterocycles. The van der Waals surface area contributed by atoms with E-state index in [0.717, 1.165) is 0 Å². The van der Waals surface area contributed by atoms with E-state index in [2.05, 4.69) is 4.74 Å². The second-order valence-corrected chi connectivity index (χ2v) is 8.53. The maximum Gasteiger partial charge on any atom is 0.437 e. The third-order valence-electron chi connectivity index (χ3n) is 6.23. The summed E-state index contributed by atoms with van der Waals surface area (Å²) in [7, 11) is 0. The summed E-state index contributed by atoms with van der Waals surface area (Å²) in [6.07, 6.45) is -16.4. The number of carboxylic acids is 1. The van der Waals surface area contributed by atoms with Crippen LogP contribution in [0.15, 0.2) is 0 Å². The average Bonchev–Trinajstić information content (AvgIpc) is 2.80. The SMILES string of the molecule is O=C([O-])CC(OC(=O)CCC(=O)OC1C2CC3CC(C2)OC(=O)C1C3)(C(F)(F)F)C(F)(F)F. The summed E-state index contributed by atoms with van der Waals surface area (Å²) < 4.78 is 92.9. The predicted molar refractivity (Wildman–Crippen MR) is 88.5 cm³/mol. The smallest absolute Gasteiger partial charge is 0.437 e. The number of hydrogen-bond acceptors (Lipinski definition) is 8. The summed E-state index contributed by atoms with van der Waals surface area (Å²) in [5.41, 5.74) is -5.33. The zero-order chi connectivity index (χ0) is 24.8. The summed E-state index contributed by atoms with van der Waals surface area (Å²) in [6.45, 7) is 0. The van der Waals surface area contributed by atoms with Crippen LogP contribution in [0.2, 0.25) is 0 Å². The molecule has 0 radical (unpaired) electrons. The Morgan fingerprint density at radius 3 is 2.12 bits per heavy atom. The molecule has 2 heterocycles. The van der Waals surface area contributed by atoms with E-state index in [0.29, 0.717) is 25.7 Å². The standard InChI is InChI=1S/C19H20F6O8/c20-18(21,22)17(7-12(26)27,19(23,24)25)33-14(29)2-1-13(28)32-15-9-3-8-4-10(6-9)31-16(30)11(15)5-8/h8-11,15H,1-7H2,(H,26,27)/p-1. The van der Waals surface area contributed by atoms with Gasteiger partial charge in [-0.1, -0.05) is 0 Å². The van der Waals surface area contributed by atoms with Gasteiger partial charge < -0.3 is 24.1 Å². The highest BCUT2D eigenvalue weighted by Gasteiger charge is 2.74. The van der Waals surface area contributed by atoms with Crippen molar-refractivity contribution >= 4 is 23.9 Å². The zero-order valence-electron chi connectivity index (χ0n) is 16.9. The van der Waals surface area contributed by atoms with Gasteiger partial charge in [0.05, 0.1) is 18.8 Å². The van der Waals surface area contributed by atoms with E-state index in [-0.39, 0.29) is 17.9 Å². The van der Waals surface area contributed by atoms with Crippen LogP contribution in [0.5, 0.6) is 0 Å². The van der Waals surface area contributed by atoms with Crippen molar-refractivity contribution in [2.24, 2.45) is 17.8 Å². The molecule has 33 heavy (non-hydrogen) atoms. The minimum Gasteiger partial charge on any atom is -0.550 e. The number of ether oxygens (including phenoxy) is 3. The van der Waals surface area contributed by atoms with Crippen molar-refractivity contribution in [3.63, 3.8) is 0 Å². The second-order valence-electron chi connectivity index (χ2n) is 8.53. The van der Waals surface area contributed by atoms with Crippen molar-refractivity contribution < 1.29 is 64.8 Å². The highest BCUT2D eigenvalue weighted by molar-refractivity contribution is 5.79. The van der Waals surface area contributed by atoms with Gasteiger partial charge in [0.2, 0.25) is 0 Å². The second kappa shape index (κ2) is 8.67. The summed E-state index contributed by atoms with van der Waals surface area (Å²) >= 11 is 0. The number of carbonyl (C=O) groups excluding carboxylic acids is 4. The van der Waals surface area contributed by atoms with E-state index in [1.165, 1.54) is 0 Å². The fourth-order valence-corrected chi connectivity index (χ4v) is 4.84. The quantitative estimate of drug-likeness (QED) is 0.301. The van der Waals surface area contributed by atoms with Crippen molar-refractivity contribution in [2.75, 3.05) is 0 Å². The fraction of sp³-hybridized carbons (Fsp3) is 0.789. The van der Waals surface area contributed by atoms with Gasteiger partial charge in [-0.25, -0.2) is 0 Å². The summed E-state index contributed by atoms with van der Waals surface area (Å²) in [6, 6.07) is 0. The molecule has 4 aliphatic rings. The molecule has 186 valence electrons. The molecule has 0 aromatic carbocycles. The number of carboxylic acid groups (broad SMARTS) is 1. The minimum atomic E-state index is -6.32. The molecule has 4 rings (SSSR count). The van der Waals surface area contributed by atoms with Crippen LogP contribution in [0.1, 0.15) is 44.9 Å². The molecule has 5 unspecified atom stereocenters. The molecule has 4 bridgehead atoms. The monoisotopic (exact) mass is 489 g/mol. The summed E-state index contributed by atoms with van der Waals surface area (Å²) in [5.74, 6) is -7.22. The Kier molecular flexibility index (Phi) is 6.59. The Morgan fingerprint density at radius 2 is 1.55 bits per heavy atom. The lowest BCUT2D eigenvalue weighted by Gasteiger charge is -2.41. The molecule has 2 aliphatic carbocycles. The molecule has 0 amide bonds. The number of aliphatic carboxylic acids is 1. The van der Waals surface area contributed by atoms with E-state index >= 15 is 0 Å². The van der Waals surface area contributed by atoms with E-state index in [1.807, 2.05) is 0 Å². The number of rotatable bonds is 7. The van der Waals surface area contributed by atoms with Gasteiger partial charge in [-0.15, -0.1) is 0 Å². The van der Waals surface area contributed by atoms with Crippen molar-refractivity contribution in [1.29, 1.82) is 0 Å². The van der Waals surface area contributed by atoms with Gasteiger partial charge in [0, 0.05) is 18.3 Å². The zero-order valence-corrected chi connectivity index (χ0v) is 16.9. The molecule has 4 fully saturated rings. The molecular weight excluding hydrogens is 470 g/mol. The largest absolute Gasteiger partial charge is 0.550 e. The predicted octanol–water partition coefficient (Wildman–Crippen LogP) is 1.59. The van der Waals surface area contributed by atoms with Gasteiger partial charge in [-0.05, 0) is 31.6 Å². The van der Waals surface area contributed by atoms with E-state index in [9.17, 15) is 50.6 Å². The summed E-state index contributed by atoms with van der Waals surface area (Å²) in [4.78, 5) is 46.7. The van der Waals surface area contributed by atoms with Crippen LogP contribution < -0.4 is 5.11 Å². The van der Waals surface area contributed by atoms with Crippen LogP contribution in [0.4, 0.5) is 26.3 Å². The molecule has 14 heteroatoms. The number of halogens is 6. The van der Waals surface area contributed by atoms with Crippen LogP contribution in [0.25, 0.3) is 0 Å². The molecule has 2 aliphatic heterocycles. The lowest BCUT2D eigenvalue weighted by molar-refractivity contribution is -0.381. The Bertz CT molecular complexity index is 808. The van der Waals surface area contributed by atoms with E-state index in [1.54, 1.807) is 0 Å². The lowest BCUT2D eigenvalue weighted by Crippen LogP contribution is -2.61.